The molecule has 0 aromatic carbocycles. The van der Waals surface area contributed by atoms with Crippen LogP contribution < -0.4 is 5.32 Å². The molecular formula is C11H21N. The zero-order valence-electron chi connectivity index (χ0n) is 8.23. The number of rotatable bonds is 0. The van der Waals surface area contributed by atoms with E-state index in [-0.39, 0.29) is 0 Å². The summed E-state index contributed by atoms with van der Waals surface area (Å²) in [6.07, 6.45) is 11.6. The lowest BCUT2D eigenvalue weighted by Crippen LogP contribution is -2.53. The van der Waals surface area contributed by atoms with Crippen molar-refractivity contribution in [1.29, 1.82) is 0 Å². The number of hydrogen-bond acceptors (Lipinski definition) is 1. The van der Waals surface area contributed by atoms with Crippen LogP contribution in [0.1, 0.15) is 58.3 Å². The molecule has 0 aromatic heterocycles. The zero-order valence-corrected chi connectivity index (χ0v) is 8.23. The standard InChI is InChI=1S/C11H21N/c1-10-6-5-9-11(12-10)7-3-2-4-8-11/h10,12H,2-9H2,1H3/t10-/m0/s1. The van der Waals surface area contributed by atoms with E-state index >= 15 is 0 Å². The molecule has 0 aromatic rings. The predicted octanol–water partition coefficient (Wildman–Crippen LogP) is 2.85. The van der Waals surface area contributed by atoms with Crippen molar-refractivity contribution >= 4 is 0 Å². The molecule has 2 rings (SSSR count). The van der Waals surface area contributed by atoms with Gasteiger partial charge in [-0.15, -0.1) is 0 Å². The van der Waals surface area contributed by atoms with E-state index in [1.54, 1.807) is 0 Å². The second-order valence-electron chi connectivity index (χ2n) is 4.78. The van der Waals surface area contributed by atoms with Gasteiger partial charge >= 0.3 is 0 Å². The summed E-state index contributed by atoms with van der Waals surface area (Å²) in [5.41, 5.74) is 0.579. The van der Waals surface area contributed by atoms with Gasteiger partial charge < -0.3 is 5.32 Å². The molecular weight excluding hydrogens is 146 g/mol. The molecule has 0 radical (unpaired) electrons. The smallest absolute Gasteiger partial charge is 0.0184 e. The lowest BCUT2D eigenvalue weighted by Gasteiger charge is -2.44. The first-order chi connectivity index (χ1) is 5.81. The van der Waals surface area contributed by atoms with Gasteiger partial charge in [0.15, 0.2) is 0 Å². The summed E-state index contributed by atoms with van der Waals surface area (Å²) in [4.78, 5) is 0. The minimum Gasteiger partial charge on any atom is -0.309 e. The molecule has 1 saturated carbocycles. The lowest BCUT2D eigenvalue weighted by molar-refractivity contribution is 0.156. The summed E-state index contributed by atoms with van der Waals surface area (Å²) in [6, 6.07) is 0.775. The maximum absolute atomic E-state index is 3.83. The molecule has 1 heteroatoms. The highest BCUT2D eigenvalue weighted by Crippen LogP contribution is 2.35. The molecule has 12 heavy (non-hydrogen) atoms. The Labute approximate surface area is 75.9 Å². The Morgan fingerprint density at radius 3 is 2.33 bits per heavy atom. The first-order valence-corrected chi connectivity index (χ1v) is 5.58. The third-order valence-electron chi connectivity index (χ3n) is 3.66. The Kier molecular flexibility index (Phi) is 2.40. The molecule has 0 unspecified atom stereocenters. The van der Waals surface area contributed by atoms with Crippen molar-refractivity contribution in [3.63, 3.8) is 0 Å². The van der Waals surface area contributed by atoms with Crippen molar-refractivity contribution in [3.8, 4) is 0 Å². The second-order valence-corrected chi connectivity index (χ2v) is 4.78. The highest BCUT2D eigenvalue weighted by atomic mass is 15.0. The number of piperidine rings is 1. The molecule has 70 valence electrons. The van der Waals surface area contributed by atoms with E-state index in [1.807, 2.05) is 0 Å². The largest absolute Gasteiger partial charge is 0.309 e. The third kappa shape index (κ3) is 1.66. The third-order valence-corrected chi connectivity index (χ3v) is 3.66. The van der Waals surface area contributed by atoms with Crippen molar-refractivity contribution in [3.05, 3.63) is 0 Å². The average Bonchev–Trinajstić information content (AvgIpc) is 2.05. The normalized spacial score (nSPS) is 35.2. The molecule has 1 aliphatic heterocycles. The maximum Gasteiger partial charge on any atom is 0.0184 e. The van der Waals surface area contributed by atoms with Gasteiger partial charge in [-0.3, -0.25) is 0 Å². The first kappa shape index (κ1) is 8.55. The molecule has 1 aliphatic carbocycles. The van der Waals surface area contributed by atoms with Gasteiger partial charge in [0, 0.05) is 11.6 Å². The fraction of sp³-hybridized carbons (Fsp3) is 1.00. The van der Waals surface area contributed by atoms with E-state index in [2.05, 4.69) is 12.2 Å². The summed E-state index contributed by atoms with van der Waals surface area (Å²) < 4.78 is 0. The van der Waals surface area contributed by atoms with Crippen LogP contribution in [0.3, 0.4) is 0 Å². The van der Waals surface area contributed by atoms with Crippen LogP contribution in [0, 0.1) is 0 Å². The summed E-state index contributed by atoms with van der Waals surface area (Å²) in [7, 11) is 0. The molecule has 2 aliphatic rings. The fourth-order valence-electron chi connectivity index (χ4n) is 3.04. The van der Waals surface area contributed by atoms with Crippen LogP contribution in [0.4, 0.5) is 0 Å². The van der Waals surface area contributed by atoms with Crippen LogP contribution in [0.15, 0.2) is 0 Å². The van der Waals surface area contributed by atoms with Crippen molar-refractivity contribution < 1.29 is 0 Å². The van der Waals surface area contributed by atoms with Gasteiger partial charge in [-0.1, -0.05) is 25.7 Å². The van der Waals surface area contributed by atoms with Crippen molar-refractivity contribution in [2.24, 2.45) is 0 Å². The van der Waals surface area contributed by atoms with Gasteiger partial charge in [0.05, 0.1) is 0 Å². The fourth-order valence-corrected chi connectivity index (χ4v) is 3.04. The highest BCUT2D eigenvalue weighted by Gasteiger charge is 2.34. The van der Waals surface area contributed by atoms with E-state index in [9.17, 15) is 0 Å². The first-order valence-electron chi connectivity index (χ1n) is 5.58. The summed E-state index contributed by atoms with van der Waals surface area (Å²) in [5.74, 6) is 0. The Bertz CT molecular complexity index is 142. The Balaban J connectivity index is 1.97. The highest BCUT2D eigenvalue weighted by molar-refractivity contribution is 4.95. The lowest BCUT2D eigenvalue weighted by atomic mass is 9.75. The Hall–Kier alpha value is -0.0400. The van der Waals surface area contributed by atoms with Gasteiger partial charge in [0.1, 0.15) is 0 Å². The van der Waals surface area contributed by atoms with E-state index < -0.39 is 0 Å². The number of nitrogens with one attached hydrogen (secondary N) is 1. The molecule has 1 atom stereocenters. The van der Waals surface area contributed by atoms with Gasteiger partial charge in [-0.2, -0.15) is 0 Å². The van der Waals surface area contributed by atoms with Gasteiger partial charge in [0.2, 0.25) is 0 Å². The van der Waals surface area contributed by atoms with Crippen LogP contribution in [0.25, 0.3) is 0 Å². The maximum atomic E-state index is 3.83. The molecule has 1 heterocycles. The molecule has 1 saturated heterocycles. The van der Waals surface area contributed by atoms with Crippen molar-refractivity contribution in [1.82, 2.24) is 5.32 Å². The molecule has 0 amide bonds. The van der Waals surface area contributed by atoms with Crippen LogP contribution in [-0.4, -0.2) is 11.6 Å². The van der Waals surface area contributed by atoms with Crippen molar-refractivity contribution in [2.45, 2.75) is 69.9 Å². The SMILES string of the molecule is C[C@H]1CCCC2(CCCCC2)N1. The Morgan fingerprint density at radius 1 is 1.00 bits per heavy atom. The predicted molar refractivity (Wildman–Crippen MR) is 52.3 cm³/mol. The minimum absolute atomic E-state index is 0.579. The Morgan fingerprint density at radius 2 is 1.67 bits per heavy atom. The van der Waals surface area contributed by atoms with E-state index in [0.717, 1.165) is 6.04 Å². The molecule has 1 N–H and O–H groups in total. The van der Waals surface area contributed by atoms with Gasteiger partial charge in [-0.05, 0) is 32.6 Å². The summed E-state index contributed by atoms with van der Waals surface area (Å²) in [5, 5.41) is 3.83. The molecule has 2 fully saturated rings. The molecule has 1 nitrogen and oxygen atoms in total. The van der Waals surface area contributed by atoms with E-state index in [1.165, 1.54) is 51.4 Å². The molecule has 1 spiro atoms. The monoisotopic (exact) mass is 167 g/mol. The quantitative estimate of drug-likeness (QED) is 0.585. The van der Waals surface area contributed by atoms with E-state index in [4.69, 9.17) is 0 Å². The zero-order chi connectivity index (χ0) is 8.44. The van der Waals surface area contributed by atoms with Crippen molar-refractivity contribution in [2.75, 3.05) is 0 Å². The topological polar surface area (TPSA) is 12.0 Å². The van der Waals surface area contributed by atoms with Crippen LogP contribution in [0.5, 0.6) is 0 Å². The molecule has 0 bridgehead atoms. The second kappa shape index (κ2) is 3.37. The van der Waals surface area contributed by atoms with Crippen LogP contribution >= 0.6 is 0 Å². The summed E-state index contributed by atoms with van der Waals surface area (Å²) in [6.45, 7) is 2.34. The average molecular weight is 167 g/mol. The van der Waals surface area contributed by atoms with Gasteiger partial charge in [0.25, 0.3) is 0 Å². The van der Waals surface area contributed by atoms with E-state index in [0.29, 0.717) is 5.54 Å². The minimum atomic E-state index is 0.579. The number of hydrogen-bond donors (Lipinski definition) is 1. The van der Waals surface area contributed by atoms with Crippen LogP contribution in [-0.2, 0) is 0 Å². The van der Waals surface area contributed by atoms with Crippen LogP contribution in [0.2, 0.25) is 0 Å². The summed E-state index contributed by atoms with van der Waals surface area (Å²) >= 11 is 0. The van der Waals surface area contributed by atoms with Gasteiger partial charge in [-0.25, -0.2) is 0 Å².